The fourth-order valence-corrected chi connectivity index (χ4v) is 4.59. The Morgan fingerprint density at radius 3 is 2.64 bits per heavy atom. The van der Waals surface area contributed by atoms with Gasteiger partial charge in [0.25, 0.3) is 11.5 Å². The Bertz CT molecular complexity index is 1300. The molecular formula is C24H24N4O3S2. The molecule has 9 heteroatoms. The predicted molar refractivity (Wildman–Crippen MR) is 136 cm³/mol. The first-order chi connectivity index (χ1) is 15.9. The Morgan fingerprint density at radius 1 is 1.18 bits per heavy atom. The van der Waals surface area contributed by atoms with Crippen LogP contribution in [0, 0.1) is 5.92 Å². The molecule has 4 rings (SSSR count). The van der Waals surface area contributed by atoms with E-state index in [9.17, 15) is 9.59 Å². The Balaban J connectivity index is 1.68. The second-order valence-electron chi connectivity index (χ2n) is 8.00. The van der Waals surface area contributed by atoms with Crippen molar-refractivity contribution in [3.8, 4) is 5.75 Å². The van der Waals surface area contributed by atoms with Crippen molar-refractivity contribution in [2.24, 2.45) is 5.92 Å². The van der Waals surface area contributed by atoms with Gasteiger partial charge in [-0.25, -0.2) is 4.98 Å². The Labute approximate surface area is 201 Å². The number of thioether (sulfide) groups is 1. The lowest BCUT2D eigenvalue weighted by Crippen LogP contribution is -2.27. The average Bonchev–Trinajstić information content (AvgIpc) is 3.07. The van der Waals surface area contributed by atoms with Crippen LogP contribution in [-0.4, -0.2) is 38.2 Å². The lowest BCUT2D eigenvalue weighted by Gasteiger charge is -2.15. The van der Waals surface area contributed by atoms with Gasteiger partial charge in [-0.1, -0.05) is 56.0 Å². The van der Waals surface area contributed by atoms with Crippen molar-refractivity contribution >= 4 is 51.7 Å². The van der Waals surface area contributed by atoms with E-state index < -0.39 is 0 Å². The predicted octanol–water partition coefficient (Wildman–Crippen LogP) is 4.17. The highest BCUT2D eigenvalue weighted by atomic mass is 32.2. The number of methoxy groups -OCH3 is 1. The highest BCUT2D eigenvalue weighted by Gasteiger charge is 2.32. The van der Waals surface area contributed by atoms with Gasteiger partial charge in [-0.3, -0.25) is 18.9 Å². The van der Waals surface area contributed by atoms with Crippen LogP contribution in [0.5, 0.6) is 5.75 Å². The molecule has 0 spiro atoms. The standard InChI is InChI=1S/C24H24N4O3S2/c1-15(2)13-25-21-18(22(29)27-11-5-4-6-20(27)26-21)12-19-23(30)28(24(32)33-19)14-16-7-9-17(31-3)10-8-16/h4-12,15,25H,13-14H2,1-3H3/b19-12+. The van der Waals surface area contributed by atoms with Crippen LogP contribution in [0.1, 0.15) is 25.0 Å². The van der Waals surface area contributed by atoms with Gasteiger partial charge >= 0.3 is 0 Å². The maximum absolute atomic E-state index is 13.3. The number of thiocarbonyl (C=S) groups is 1. The van der Waals surface area contributed by atoms with E-state index in [1.54, 1.807) is 36.4 Å². The lowest BCUT2D eigenvalue weighted by molar-refractivity contribution is -0.122. The Hall–Kier alpha value is -3.17. The number of amides is 1. The maximum atomic E-state index is 13.3. The van der Waals surface area contributed by atoms with Gasteiger partial charge in [0.1, 0.15) is 21.5 Å². The summed E-state index contributed by atoms with van der Waals surface area (Å²) in [6, 6.07) is 12.9. The maximum Gasteiger partial charge on any atom is 0.267 e. The molecule has 1 aliphatic rings. The second kappa shape index (κ2) is 9.76. The summed E-state index contributed by atoms with van der Waals surface area (Å²) in [5, 5.41) is 3.26. The molecule has 0 saturated carbocycles. The molecule has 1 aliphatic heterocycles. The third kappa shape index (κ3) is 4.94. The number of benzene rings is 1. The topological polar surface area (TPSA) is 75.9 Å². The number of hydrogen-bond donors (Lipinski definition) is 1. The van der Waals surface area contributed by atoms with E-state index in [0.717, 1.165) is 11.3 Å². The molecule has 1 fully saturated rings. The molecule has 1 N–H and O–H groups in total. The molecule has 0 aliphatic carbocycles. The molecule has 1 saturated heterocycles. The van der Waals surface area contributed by atoms with E-state index in [4.69, 9.17) is 17.0 Å². The number of aromatic nitrogens is 2. The molecule has 0 unspecified atom stereocenters. The van der Waals surface area contributed by atoms with Gasteiger partial charge in [0.2, 0.25) is 0 Å². The van der Waals surface area contributed by atoms with Crippen molar-refractivity contribution in [3.05, 3.63) is 75.0 Å². The largest absolute Gasteiger partial charge is 0.497 e. The van der Waals surface area contributed by atoms with Crippen molar-refractivity contribution in [2.45, 2.75) is 20.4 Å². The van der Waals surface area contributed by atoms with Crippen molar-refractivity contribution in [1.29, 1.82) is 0 Å². The normalized spacial score (nSPS) is 15.2. The number of nitrogens with zero attached hydrogens (tertiary/aromatic N) is 3. The van der Waals surface area contributed by atoms with Gasteiger partial charge in [0, 0.05) is 12.7 Å². The summed E-state index contributed by atoms with van der Waals surface area (Å²) in [5.41, 5.74) is 1.56. The first-order valence-corrected chi connectivity index (χ1v) is 11.7. The van der Waals surface area contributed by atoms with Crippen LogP contribution in [0.15, 0.2) is 58.4 Å². The van der Waals surface area contributed by atoms with Crippen LogP contribution in [-0.2, 0) is 11.3 Å². The molecular weight excluding hydrogens is 456 g/mol. The SMILES string of the molecule is COc1ccc(CN2C(=O)/C(=C\c3c(NCC(C)C)nc4ccccn4c3=O)SC2=S)cc1. The van der Waals surface area contributed by atoms with E-state index >= 15 is 0 Å². The molecule has 7 nitrogen and oxygen atoms in total. The molecule has 33 heavy (non-hydrogen) atoms. The van der Waals surface area contributed by atoms with Gasteiger partial charge in [0.15, 0.2) is 0 Å². The van der Waals surface area contributed by atoms with E-state index in [2.05, 4.69) is 24.1 Å². The Morgan fingerprint density at radius 2 is 1.94 bits per heavy atom. The fourth-order valence-electron chi connectivity index (χ4n) is 3.35. The number of ether oxygens (including phenoxy) is 1. The first-order valence-electron chi connectivity index (χ1n) is 10.5. The van der Waals surface area contributed by atoms with Crippen LogP contribution in [0.4, 0.5) is 5.82 Å². The lowest BCUT2D eigenvalue weighted by atomic mass is 10.2. The summed E-state index contributed by atoms with van der Waals surface area (Å²) in [4.78, 5) is 33.0. The van der Waals surface area contributed by atoms with Crippen molar-refractivity contribution < 1.29 is 9.53 Å². The minimum Gasteiger partial charge on any atom is -0.497 e. The van der Waals surface area contributed by atoms with Crippen molar-refractivity contribution in [1.82, 2.24) is 14.3 Å². The number of anilines is 1. The zero-order valence-corrected chi connectivity index (χ0v) is 20.2. The van der Waals surface area contributed by atoms with Crippen LogP contribution in [0.3, 0.4) is 0 Å². The van der Waals surface area contributed by atoms with Gasteiger partial charge in [-0.05, 0) is 41.8 Å². The summed E-state index contributed by atoms with van der Waals surface area (Å²) in [5.74, 6) is 1.33. The molecule has 0 atom stereocenters. The smallest absolute Gasteiger partial charge is 0.267 e. The number of carbonyl (C=O) groups excluding carboxylic acids is 1. The van der Waals surface area contributed by atoms with Crippen LogP contribution in [0.2, 0.25) is 0 Å². The van der Waals surface area contributed by atoms with Gasteiger partial charge in [0.05, 0.1) is 24.1 Å². The monoisotopic (exact) mass is 480 g/mol. The first kappa shape index (κ1) is 23.0. The van der Waals surface area contributed by atoms with E-state index in [1.807, 2.05) is 30.3 Å². The number of rotatable bonds is 7. The minimum absolute atomic E-state index is 0.229. The summed E-state index contributed by atoms with van der Waals surface area (Å²) in [7, 11) is 1.61. The molecule has 3 heterocycles. The fraction of sp³-hybridized carbons (Fsp3) is 0.250. The number of pyridine rings is 1. The molecule has 3 aromatic rings. The number of nitrogens with one attached hydrogen (secondary N) is 1. The summed E-state index contributed by atoms with van der Waals surface area (Å²) in [6.07, 6.45) is 3.27. The highest BCUT2D eigenvalue weighted by molar-refractivity contribution is 8.26. The Kier molecular flexibility index (Phi) is 6.80. The minimum atomic E-state index is -0.243. The second-order valence-corrected chi connectivity index (χ2v) is 9.67. The zero-order chi connectivity index (χ0) is 23.5. The zero-order valence-electron chi connectivity index (χ0n) is 18.6. The summed E-state index contributed by atoms with van der Waals surface area (Å²) in [6.45, 7) is 5.14. The molecule has 0 radical (unpaired) electrons. The van der Waals surface area contributed by atoms with Gasteiger partial charge < -0.3 is 10.1 Å². The molecule has 0 bridgehead atoms. The third-order valence-electron chi connectivity index (χ3n) is 5.10. The van der Waals surface area contributed by atoms with E-state index in [1.165, 1.54) is 16.2 Å². The van der Waals surface area contributed by atoms with Crippen molar-refractivity contribution in [2.75, 3.05) is 19.0 Å². The van der Waals surface area contributed by atoms with E-state index in [0.29, 0.717) is 45.3 Å². The summed E-state index contributed by atoms with van der Waals surface area (Å²) >= 11 is 6.67. The van der Waals surface area contributed by atoms with Crippen LogP contribution in [0.25, 0.3) is 11.7 Å². The molecule has 170 valence electrons. The highest BCUT2D eigenvalue weighted by Crippen LogP contribution is 2.34. The third-order valence-corrected chi connectivity index (χ3v) is 6.47. The molecule has 1 amide bonds. The van der Waals surface area contributed by atoms with Crippen LogP contribution >= 0.6 is 24.0 Å². The quantitative estimate of drug-likeness (QED) is 0.402. The molecule has 1 aromatic carbocycles. The summed E-state index contributed by atoms with van der Waals surface area (Å²) < 4.78 is 7.12. The number of carbonyl (C=O) groups is 1. The average molecular weight is 481 g/mol. The van der Waals surface area contributed by atoms with Gasteiger partial charge in [-0.15, -0.1) is 0 Å². The number of hydrogen-bond acceptors (Lipinski definition) is 7. The van der Waals surface area contributed by atoms with Gasteiger partial charge in [-0.2, -0.15) is 0 Å². The van der Waals surface area contributed by atoms with E-state index in [-0.39, 0.29) is 11.5 Å². The van der Waals surface area contributed by atoms with Crippen LogP contribution < -0.4 is 15.6 Å². The molecule has 2 aromatic heterocycles. The van der Waals surface area contributed by atoms with Crippen molar-refractivity contribution in [3.63, 3.8) is 0 Å². The number of fused-ring (bicyclic) bond motifs is 1.